The summed E-state index contributed by atoms with van der Waals surface area (Å²) in [5, 5.41) is 3.16. The van der Waals surface area contributed by atoms with Gasteiger partial charge in [0.1, 0.15) is 5.82 Å². The molecule has 3 rings (SSSR count). The molecule has 1 heterocycles. The minimum atomic E-state index is -0.0458. The first-order valence-electron chi connectivity index (χ1n) is 7.40. The second-order valence-corrected chi connectivity index (χ2v) is 6.00. The van der Waals surface area contributed by atoms with E-state index in [-0.39, 0.29) is 17.9 Å². The molecule has 2 N–H and O–H groups in total. The number of carbonyl (C=O) groups excluding carboxylic acids is 1. The second-order valence-electron chi connectivity index (χ2n) is 6.00. The number of amides is 1. The Balaban J connectivity index is 1.83. The zero-order valence-electron chi connectivity index (χ0n) is 12.0. The van der Waals surface area contributed by atoms with Crippen molar-refractivity contribution in [3.63, 3.8) is 0 Å². The van der Waals surface area contributed by atoms with Crippen LogP contribution in [-0.2, 0) is 4.79 Å². The van der Waals surface area contributed by atoms with Crippen LogP contribution in [-0.4, -0.2) is 15.9 Å². The largest absolute Gasteiger partial charge is 0.346 e. The average molecular weight is 271 g/mol. The monoisotopic (exact) mass is 271 g/mol. The van der Waals surface area contributed by atoms with Gasteiger partial charge in [-0.15, -0.1) is 0 Å². The van der Waals surface area contributed by atoms with Gasteiger partial charge in [-0.25, -0.2) is 4.98 Å². The number of aromatic amines is 1. The second kappa shape index (κ2) is 5.27. The van der Waals surface area contributed by atoms with E-state index in [1.165, 1.54) is 6.42 Å². The summed E-state index contributed by atoms with van der Waals surface area (Å²) in [7, 11) is 0. The smallest absolute Gasteiger partial charge is 0.223 e. The van der Waals surface area contributed by atoms with E-state index in [4.69, 9.17) is 0 Å². The van der Waals surface area contributed by atoms with Crippen LogP contribution in [0.4, 0.5) is 0 Å². The lowest BCUT2D eigenvalue weighted by atomic mass is 9.84. The number of fused-ring (bicyclic) bond motifs is 1. The quantitative estimate of drug-likeness (QED) is 0.897. The van der Waals surface area contributed by atoms with Gasteiger partial charge in [-0.2, -0.15) is 0 Å². The van der Waals surface area contributed by atoms with E-state index in [9.17, 15) is 4.79 Å². The zero-order chi connectivity index (χ0) is 14.1. The fourth-order valence-electron chi connectivity index (χ4n) is 2.61. The molecule has 1 aromatic carbocycles. The number of nitrogens with one attached hydrogen (secondary N) is 2. The third-order valence-electron chi connectivity index (χ3n) is 4.14. The highest BCUT2D eigenvalue weighted by atomic mass is 16.2. The Bertz CT molecular complexity index is 580. The number of carbonyl (C=O) groups is 1. The maximum Gasteiger partial charge on any atom is 0.223 e. The molecule has 1 saturated carbocycles. The van der Waals surface area contributed by atoms with Crippen molar-refractivity contribution in [2.45, 2.75) is 39.2 Å². The van der Waals surface area contributed by atoms with Gasteiger partial charge in [0.15, 0.2) is 0 Å². The minimum Gasteiger partial charge on any atom is -0.346 e. The number of benzene rings is 1. The molecule has 0 spiro atoms. The normalized spacial score (nSPS) is 17.1. The van der Waals surface area contributed by atoms with Gasteiger partial charge in [-0.1, -0.05) is 32.4 Å². The Morgan fingerprint density at radius 1 is 1.35 bits per heavy atom. The highest BCUT2D eigenvalue weighted by Crippen LogP contribution is 2.28. The van der Waals surface area contributed by atoms with Crippen molar-refractivity contribution in [2.75, 3.05) is 0 Å². The number of rotatable bonds is 4. The van der Waals surface area contributed by atoms with Crippen molar-refractivity contribution in [1.82, 2.24) is 15.3 Å². The predicted octanol–water partition coefficient (Wildman–Crippen LogP) is 3.18. The van der Waals surface area contributed by atoms with Crippen LogP contribution in [0.3, 0.4) is 0 Å². The predicted molar refractivity (Wildman–Crippen MR) is 79.2 cm³/mol. The highest BCUT2D eigenvalue weighted by molar-refractivity contribution is 5.80. The number of imidazole rings is 1. The van der Waals surface area contributed by atoms with Gasteiger partial charge in [0.25, 0.3) is 0 Å². The van der Waals surface area contributed by atoms with Crippen LogP contribution < -0.4 is 5.32 Å². The SMILES string of the molecule is CC(C)[C@@H](NC(=O)C1CCC1)c1nc2ccccc2[nH]1. The van der Waals surface area contributed by atoms with Gasteiger partial charge in [-0.05, 0) is 30.9 Å². The lowest BCUT2D eigenvalue weighted by molar-refractivity contribution is -0.128. The first-order valence-corrected chi connectivity index (χ1v) is 7.40. The number of aromatic nitrogens is 2. The average Bonchev–Trinajstić information content (AvgIpc) is 2.76. The lowest BCUT2D eigenvalue weighted by Gasteiger charge is -2.28. The fourth-order valence-corrected chi connectivity index (χ4v) is 2.61. The van der Waals surface area contributed by atoms with Gasteiger partial charge in [-0.3, -0.25) is 4.79 Å². The summed E-state index contributed by atoms with van der Waals surface area (Å²) < 4.78 is 0. The van der Waals surface area contributed by atoms with Crippen molar-refractivity contribution in [1.29, 1.82) is 0 Å². The molecular weight excluding hydrogens is 250 g/mol. The molecule has 20 heavy (non-hydrogen) atoms. The van der Waals surface area contributed by atoms with Crippen LogP contribution in [0.15, 0.2) is 24.3 Å². The van der Waals surface area contributed by atoms with Gasteiger partial charge in [0, 0.05) is 5.92 Å². The summed E-state index contributed by atoms with van der Waals surface area (Å²) in [6, 6.07) is 7.92. The standard InChI is InChI=1S/C16H21N3O/c1-10(2)14(19-16(20)11-6-5-7-11)15-17-12-8-3-4-9-13(12)18-15/h3-4,8-11,14H,5-7H2,1-2H3,(H,17,18)(H,19,20)/t14-/m1/s1. The molecule has 1 atom stereocenters. The fraction of sp³-hybridized carbons (Fsp3) is 0.500. The van der Waals surface area contributed by atoms with Crippen molar-refractivity contribution >= 4 is 16.9 Å². The molecule has 4 heteroatoms. The Morgan fingerprint density at radius 3 is 2.70 bits per heavy atom. The maximum atomic E-state index is 12.2. The Labute approximate surface area is 119 Å². The molecule has 1 aliphatic carbocycles. The summed E-state index contributed by atoms with van der Waals surface area (Å²) in [5.74, 6) is 1.55. The Kier molecular flexibility index (Phi) is 3.47. The summed E-state index contributed by atoms with van der Waals surface area (Å²) in [6.45, 7) is 4.22. The van der Waals surface area contributed by atoms with E-state index in [0.717, 1.165) is 29.7 Å². The van der Waals surface area contributed by atoms with Gasteiger partial charge in [0.05, 0.1) is 17.1 Å². The first-order chi connectivity index (χ1) is 9.65. The number of hydrogen-bond donors (Lipinski definition) is 2. The van der Waals surface area contributed by atoms with Crippen molar-refractivity contribution < 1.29 is 4.79 Å². The Morgan fingerprint density at radius 2 is 2.10 bits per heavy atom. The topological polar surface area (TPSA) is 57.8 Å². The van der Waals surface area contributed by atoms with Gasteiger partial charge < -0.3 is 10.3 Å². The molecular formula is C16H21N3O. The van der Waals surface area contributed by atoms with Crippen LogP contribution >= 0.6 is 0 Å². The Hall–Kier alpha value is -1.84. The number of nitrogens with zero attached hydrogens (tertiary/aromatic N) is 1. The van der Waals surface area contributed by atoms with E-state index in [2.05, 4.69) is 29.1 Å². The van der Waals surface area contributed by atoms with Crippen LogP contribution in [0.1, 0.15) is 45.0 Å². The number of H-pyrrole nitrogens is 1. The van der Waals surface area contributed by atoms with Crippen LogP contribution in [0.2, 0.25) is 0 Å². The van der Waals surface area contributed by atoms with E-state index in [0.29, 0.717) is 5.92 Å². The molecule has 0 unspecified atom stereocenters. The molecule has 1 amide bonds. The molecule has 1 aromatic heterocycles. The van der Waals surface area contributed by atoms with Crippen molar-refractivity contribution in [2.24, 2.45) is 11.8 Å². The summed E-state index contributed by atoms with van der Waals surface area (Å²) in [6.07, 6.45) is 3.22. The number of para-hydroxylation sites is 2. The molecule has 4 nitrogen and oxygen atoms in total. The van der Waals surface area contributed by atoms with Crippen LogP contribution in [0.25, 0.3) is 11.0 Å². The molecule has 0 aliphatic heterocycles. The van der Waals surface area contributed by atoms with Crippen molar-refractivity contribution in [3.05, 3.63) is 30.1 Å². The lowest BCUT2D eigenvalue weighted by Crippen LogP contribution is -2.39. The number of hydrogen-bond acceptors (Lipinski definition) is 2. The van der Waals surface area contributed by atoms with E-state index < -0.39 is 0 Å². The molecule has 106 valence electrons. The molecule has 0 saturated heterocycles. The molecule has 0 radical (unpaired) electrons. The van der Waals surface area contributed by atoms with Gasteiger partial charge >= 0.3 is 0 Å². The van der Waals surface area contributed by atoms with E-state index >= 15 is 0 Å². The zero-order valence-corrected chi connectivity index (χ0v) is 12.0. The molecule has 1 fully saturated rings. The molecule has 2 aromatic rings. The van der Waals surface area contributed by atoms with Crippen LogP contribution in [0.5, 0.6) is 0 Å². The molecule has 0 bridgehead atoms. The summed E-state index contributed by atoms with van der Waals surface area (Å²) in [5.41, 5.74) is 1.97. The maximum absolute atomic E-state index is 12.2. The van der Waals surface area contributed by atoms with Gasteiger partial charge in [0.2, 0.25) is 5.91 Å². The summed E-state index contributed by atoms with van der Waals surface area (Å²) in [4.78, 5) is 20.1. The van der Waals surface area contributed by atoms with Crippen LogP contribution in [0, 0.1) is 11.8 Å². The highest BCUT2D eigenvalue weighted by Gasteiger charge is 2.29. The van der Waals surface area contributed by atoms with E-state index in [1.54, 1.807) is 0 Å². The third-order valence-corrected chi connectivity index (χ3v) is 4.14. The summed E-state index contributed by atoms with van der Waals surface area (Å²) >= 11 is 0. The molecule has 1 aliphatic rings. The minimum absolute atomic E-state index is 0.0458. The van der Waals surface area contributed by atoms with E-state index in [1.807, 2.05) is 24.3 Å². The first kappa shape index (κ1) is 13.2. The third kappa shape index (κ3) is 2.42. The van der Waals surface area contributed by atoms with Crippen molar-refractivity contribution in [3.8, 4) is 0 Å².